The summed E-state index contributed by atoms with van der Waals surface area (Å²) < 4.78 is 6.09. The second kappa shape index (κ2) is 6.54. The minimum atomic E-state index is -0.0564. The molecule has 3 aromatic carbocycles. The van der Waals surface area contributed by atoms with Crippen LogP contribution in [-0.4, -0.2) is 19.1 Å². The SMILES string of the molecule is CN(C)c1ccc2nc3c4ccc(-c5ccc6c(c5)C=CC6)cc4c(=O)cc-3oc2c1. The maximum absolute atomic E-state index is 13.0. The van der Waals surface area contributed by atoms with E-state index in [0.29, 0.717) is 22.4 Å². The molecule has 4 nitrogen and oxygen atoms in total. The lowest BCUT2D eigenvalue weighted by atomic mass is 9.96. The van der Waals surface area contributed by atoms with E-state index in [2.05, 4.69) is 36.4 Å². The van der Waals surface area contributed by atoms with Gasteiger partial charge in [0.15, 0.2) is 16.8 Å². The molecule has 2 aliphatic carbocycles. The van der Waals surface area contributed by atoms with E-state index in [-0.39, 0.29) is 5.43 Å². The Bertz CT molecular complexity index is 1560. The minimum Gasteiger partial charge on any atom is -0.453 e. The van der Waals surface area contributed by atoms with Crippen LogP contribution in [0.2, 0.25) is 0 Å². The molecule has 0 amide bonds. The normalized spacial score (nSPS) is 12.7. The molecule has 3 aromatic rings. The molecule has 4 heteroatoms. The van der Waals surface area contributed by atoms with Crippen molar-refractivity contribution in [3.8, 4) is 22.6 Å². The maximum Gasteiger partial charge on any atom is 0.190 e. The first-order valence-electron chi connectivity index (χ1n) is 10.4. The number of rotatable bonds is 2. The van der Waals surface area contributed by atoms with Crippen molar-refractivity contribution in [1.29, 1.82) is 0 Å². The summed E-state index contributed by atoms with van der Waals surface area (Å²) in [6, 6.07) is 20.0. The Morgan fingerprint density at radius 3 is 2.61 bits per heavy atom. The number of nitrogens with zero attached hydrogens (tertiary/aromatic N) is 2. The first-order valence-corrected chi connectivity index (χ1v) is 10.4. The Hall–Kier alpha value is -3.92. The molecule has 0 N–H and O–H groups in total. The van der Waals surface area contributed by atoms with Crippen molar-refractivity contribution in [2.45, 2.75) is 6.42 Å². The summed E-state index contributed by atoms with van der Waals surface area (Å²) >= 11 is 0. The van der Waals surface area contributed by atoms with Crippen molar-refractivity contribution < 1.29 is 4.42 Å². The van der Waals surface area contributed by atoms with E-state index in [4.69, 9.17) is 9.40 Å². The molecule has 6 rings (SSSR count). The van der Waals surface area contributed by atoms with Gasteiger partial charge in [0.25, 0.3) is 0 Å². The predicted octanol–water partition coefficient (Wildman–Crippen LogP) is 5.75. The van der Waals surface area contributed by atoms with Gasteiger partial charge < -0.3 is 9.32 Å². The van der Waals surface area contributed by atoms with Gasteiger partial charge in [0, 0.05) is 42.7 Å². The molecule has 1 heterocycles. The van der Waals surface area contributed by atoms with Crippen LogP contribution >= 0.6 is 0 Å². The minimum absolute atomic E-state index is 0.0564. The lowest BCUT2D eigenvalue weighted by Crippen LogP contribution is -2.08. The summed E-state index contributed by atoms with van der Waals surface area (Å²) in [7, 11) is 3.96. The fourth-order valence-electron chi connectivity index (χ4n) is 4.35. The fraction of sp³-hybridized carbons (Fsp3) is 0.111. The Labute approximate surface area is 179 Å². The van der Waals surface area contributed by atoms with Gasteiger partial charge in [-0.2, -0.15) is 0 Å². The van der Waals surface area contributed by atoms with Crippen LogP contribution in [0.25, 0.3) is 50.5 Å². The van der Waals surface area contributed by atoms with Gasteiger partial charge >= 0.3 is 0 Å². The maximum atomic E-state index is 13.0. The van der Waals surface area contributed by atoms with E-state index in [0.717, 1.165) is 34.1 Å². The Balaban J connectivity index is 1.56. The highest BCUT2D eigenvalue weighted by atomic mass is 16.3. The smallest absolute Gasteiger partial charge is 0.190 e. The van der Waals surface area contributed by atoms with Crippen LogP contribution < -0.4 is 10.3 Å². The molecule has 31 heavy (non-hydrogen) atoms. The van der Waals surface area contributed by atoms with Crippen LogP contribution in [0, 0.1) is 0 Å². The average Bonchev–Trinajstić information content (AvgIpc) is 3.25. The van der Waals surface area contributed by atoms with E-state index in [1.54, 1.807) is 6.07 Å². The van der Waals surface area contributed by atoms with Gasteiger partial charge in [-0.3, -0.25) is 4.79 Å². The highest BCUT2D eigenvalue weighted by Crippen LogP contribution is 2.34. The first-order chi connectivity index (χ1) is 15.1. The summed E-state index contributed by atoms with van der Waals surface area (Å²) in [5.41, 5.74) is 7.85. The van der Waals surface area contributed by atoms with Crippen LogP contribution in [-0.2, 0) is 6.42 Å². The van der Waals surface area contributed by atoms with Crippen molar-refractivity contribution >= 4 is 33.6 Å². The van der Waals surface area contributed by atoms with Gasteiger partial charge in [-0.1, -0.05) is 36.4 Å². The van der Waals surface area contributed by atoms with Crippen molar-refractivity contribution in [3.63, 3.8) is 0 Å². The lowest BCUT2D eigenvalue weighted by Gasteiger charge is -2.14. The average molecular weight is 404 g/mol. The Morgan fingerprint density at radius 2 is 1.74 bits per heavy atom. The van der Waals surface area contributed by atoms with E-state index < -0.39 is 0 Å². The molecule has 0 fully saturated rings. The van der Waals surface area contributed by atoms with Gasteiger partial charge in [-0.25, -0.2) is 4.98 Å². The summed E-state index contributed by atoms with van der Waals surface area (Å²) in [6.45, 7) is 0. The fourth-order valence-corrected chi connectivity index (χ4v) is 4.35. The zero-order valence-electron chi connectivity index (χ0n) is 17.3. The summed E-state index contributed by atoms with van der Waals surface area (Å²) in [4.78, 5) is 19.8. The van der Waals surface area contributed by atoms with Crippen molar-refractivity contribution in [3.05, 3.63) is 88.1 Å². The third kappa shape index (κ3) is 2.83. The van der Waals surface area contributed by atoms with E-state index in [1.165, 1.54) is 11.1 Å². The molecule has 0 radical (unpaired) electrons. The first kappa shape index (κ1) is 17.9. The van der Waals surface area contributed by atoms with Crippen molar-refractivity contribution in [2.24, 2.45) is 0 Å². The quantitative estimate of drug-likeness (QED) is 0.278. The molecule has 0 aromatic heterocycles. The van der Waals surface area contributed by atoms with E-state index in [1.807, 2.05) is 49.3 Å². The highest BCUT2D eigenvalue weighted by Gasteiger charge is 2.17. The zero-order chi connectivity index (χ0) is 21.1. The molecule has 0 atom stereocenters. The Morgan fingerprint density at radius 1 is 0.903 bits per heavy atom. The molecular formula is C27H20N2O2. The van der Waals surface area contributed by atoms with Gasteiger partial charge in [0.2, 0.25) is 0 Å². The summed E-state index contributed by atoms with van der Waals surface area (Å²) in [5.74, 6) is 0.510. The number of aromatic nitrogens is 1. The van der Waals surface area contributed by atoms with Gasteiger partial charge in [-0.15, -0.1) is 0 Å². The van der Waals surface area contributed by atoms with E-state index >= 15 is 0 Å². The molecule has 0 spiro atoms. The molecule has 0 bridgehead atoms. The molecule has 150 valence electrons. The molecule has 1 aliphatic heterocycles. The summed E-state index contributed by atoms with van der Waals surface area (Å²) in [5, 5.41) is 1.47. The van der Waals surface area contributed by atoms with Crippen LogP contribution in [0.1, 0.15) is 11.1 Å². The van der Waals surface area contributed by atoms with Crippen LogP contribution in [0.15, 0.2) is 76.0 Å². The number of fused-ring (bicyclic) bond motifs is 5. The Kier molecular flexibility index (Phi) is 3.78. The number of hydrogen-bond donors (Lipinski definition) is 0. The molecule has 0 unspecified atom stereocenters. The number of benzene rings is 4. The highest BCUT2D eigenvalue weighted by molar-refractivity contribution is 5.98. The molecule has 3 aliphatic rings. The summed E-state index contributed by atoms with van der Waals surface area (Å²) in [6.07, 6.45) is 5.32. The van der Waals surface area contributed by atoms with Crippen LogP contribution in [0.3, 0.4) is 0 Å². The third-order valence-corrected chi connectivity index (χ3v) is 6.06. The lowest BCUT2D eigenvalue weighted by molar-refractivity contribution is 0.614. The van der Waals surface area contributed by atoms with E-state index in [9.17, 15) is 4.79 Å². The molecule has 0 saturated carbocycles. The second-order valence-corrected chi connectivity index (χ2v) is 8.26. The van der Waals surface area contributed by atoms with Crippen LogP contribution in [0.5, 0.6) is 0 Å². The molecular weight excluding hydrogens is 384 g/mol. The second-order valence-electron chi connectivity index (χ2n) is 8.26. The van der Waals surface area contributed by atoms with Crippen molar-refractivity contribution in [1.82, 2.24) is 4.98 Å². The predicted molar refractivity (Wildman–Crippen MR) is 127 cm³/mol. The number of hydrogen-bond acceptors (Lipinski definition) is 4. The number of allylic oxidation sites excluding steroid dienone is 1. The topological polar surface area (TPSA) is 46.3 Å². The van der Waals surface area contributed by atoms with Gasteiger partial charge in [0.1, 0.15) is 11.2 Å². The largest absolute Gasteiger partial charge is 0.453 e. The van der Waals surface area contributed by atoms with Gasteiger partial charge in [0.05, 0.1) is 0 Å². The third-order valence-electron chi connectivity index (χ3n) is 6.06. The van der Waals surface area contributed by atoms with Crippen LogP contribution in [0.4, 0.5) is 5.69 Å². The zero-order valence-corrected chi connectivity index (χ0v) is 17.3. The number of anilines is 1. The molecule has 0 saturated heterocycles. The van der Waals surface area contributed by atoms with Gasteiger partial charge in [-0.05, 0) is 52.9 Å². The monoisotopic (exact) mass is 404 g/mol. The standard InChI is InChI=1S/C27H20N2O2/c1-29(2)20-9-11-23-25(14-20)31-26-15-24(30)22-13-19(8-10-21(22)27(26)28-23)18-7-6-16-4-3-5-17(16)12-18/h3,5-15H,4H2,1-2H3. The van der Waals surface area contributed by atoms with Crippen molar-refractivity contribution in [2.75, 3.05) is 19.0 Å².